The van der Waals surface area contributed by atoms with Gasteiger partial charge in [0.25, 0.3) is 0 Å². The number of anilines is 1. The molecule has 0 saturated heterocycles. The number of nitriles is 1. The summed E-state index contributed by atoms with van der Waals surface area (Å²) in [6.45, 7) is 0. The lowest BCUT2D eigenvalue weighted by Crippen LogP contribution is -2.35. The molecule has 4 rings (SSSR count). The molecule has 1 atom stereocenters. The third-order valence-corrected chi connectivity index (χ3v) is 7.03. The van der Waals surface area contributed by atoms with E-state index in [0.29, 0.717) is 11.8 Å². The molecule has 150 valence electrons. The Labute approximate surface area is 167 Å². The van der Waals surface area contributed by atoms with Crippen LogP contribution < -0.4 is 10.0 Å². The molecule has 0 fully saturated rings. The fraction of sp³-hybridized carbons (Fsp3) is 0.300. The van der Waals surface area contributed by atoms with Gasteiger partial charge in [-0.15, -0.1) is 0 Å². The summed E-state index contributed by atoms with van der Waals surface area (Å²) < 4.78 is 45.8. The summed E-state index contributed by atoms with van der Waals surface area (Å²) in [5, 5.41) is 11.7. The van der Waals surface area contributed by atoms with Crippen molar-refractivity contribution in [2.24, 2.45) is 4.36 Å². The first-order chi connectivity index (χ1) is 13.9. The molecule has 2 aromatic rings. The van der Waals surface area contributed by atoms with Gasteiger partial charge >= 0.3 is 6.03 Å². The highest BCUT2D eigenvalue weighted by Crippen LogP contribution is 2.38. The Balaban J connectivity index is 1.67. The number of carbonyl (C=O) groups excluding carboxylic acids is 1. The second-order valence-electron chi connectivity index (χ2n) is 7.08. The zero-order valence-electron chi connectivity index (χ0n) is 15.4. The molecular formula is C20H18F2N4O2S. The highest BCUT2D eigenvalue weighted by atomic mass is 32.2. The van der Waals surface area contributed by atoms with Gasteiger partial charge in [0.1, 0.15) is 16.5 Å². The van der Waals surface area contributed by atoms with Crippen LogP contribution in [-0.4, -0.2) is 10.2 Å². The highest BCUT2D eigenvalue weighted by molar-refractivity contribution is 7.92. The lowest BCUT2D eigenvalue weighted by molar-refractivity contribution is 0.256. The smallest absolute Gasteiger partial charge is 0.307 e. The number of hydrogen-bond acceptors (Lipinski definition) is 4. The Morgan fingerprint density at radius 2 is 1.72 bits per heavy atom. The van der Waals surface area contributed by atoms with Crippen LogP contribution in [0.1, 0.15) is 35.1 Å². The predicted molar refractivity (Wildman–Crippen MR) is 103 cm³/mol. The van der Waals surface area contributed by atoms with Crippen LogP contribution in [0.15, 0.2) is 33.5 Å². The van der Waals surface area contributed by atoms with Crippen LogP contribution in [-0.2, 0) is 35.6 Å². The van der Waals surface area contributed by atoms with Crippen molar-refractivity contribution in [1.82, 2.24) is 4.72 Å². The first-order valence-electron chi connectivity index (χ1n) is 9.27. The van der Waals surface area contributed by atoms with Crippen LogP contribution in [0, 0.1) is 23.1 Å². The summed E-state index contributed by atoms with van der Waals surface area (Å²) in [4.78, 5) is 12.1. The van der Waals surface area contributed by atoms with E-state index in [2.05, 4.69) is 20.5 Å². The zero-order chi connectivity index (χ0) is 20.6. The van der Waals surface area contributed by atoms with E-state index in [1.807, 2.05) is 0 Å². The van der Waals surface area contributed by atoms with E-state index < -0.39 is 32.5 Å². The van der Waals surface area contributed by atoms with Crippen molar-refractivity contribution in [1.29, 1.82) is 5.26 Å². The number of halogens is 2. The highest BCUT2D eigenvalue weighted by Gasteiger charge is 2.27. The van der Waals surface area contributed by atoms with Crippen molar-refractivity contribution >= 4 is 21.6 Å². The quantitative estimate of drug-likeness (QED) is 0.741. The molecule has 0 aliphatic heterocycles. The number of fused-ring (bicyclic) bond motifs is 2. The summed E-state index contributed by atoms with van der Waals surface area (Å²) in [6.07, 6.45) is 6.90. The molecule has 2 aliphatic rings. The number of urea groups is 1. The van der Waals surface area contributed by atoms with Crippen molar-refractivity contribution in [2.45, 2.75) is 43.4 Å². The molecular weight excluding hydrogens is 398 g/mol. The molecule has 0 heterocycles. The van der Waals surface area contributed by atoms with Gasteiger partial charge in [0, 0.05) is 11.8 Å². The third kappa shape index (κ3) is 3.56. The van der Waals surface area contributed by atoms with Gasteiger partial charge in [0.2, 0.25) is 6.19 Å². The van der Waals surface area contributed by atoms with Gasteiger partial charge < -0.3 is 5.32 Å². The van der Waals surface area contributed by atoms with E-state index in [4.69, 9.17) is 5.26 Å². The molecule has 1 unspecified atom stereocenters. The lowest BCUT2D eigenvalue weighted by Gasteiger charge is -2.17. The Kier molecular flexibility index (Phi) is 4.96. The lowest BCUT2D eigenvalue weighted by atomic mass is 9.99. The summed E-state index contributed by atoms with van der Waals surface area (Å²) in [5.74, 6) is -2.03. The van der Waals surface area contributed by atoms with Crippen molar-refractivity contribution in [3.8, 4) is 6.19 Å². The fourth-order valence-electron chi connectivity index (χ4n) is 4.12. The topological polar surface area (TPSA) is 94.3 Å². The number of hydrogen-bond donors (Lipinski definition) is 2. The minimum absolute atomic E-state index is 0.526. The molecule has 9 heteroatoms. The van der Waals surface area contributed by atoms with Crippen molar-refractivity contribution in [2.75, 3.05) is 5.32 Å². The fourth-order valence-corrected chi connectivity index (χ4v) is 5.36. The van der Waals surface area contributed by atoms with Gasteiger partial charge in [-0.1, -0.05) is 10.4 Å². The van der Waals surface area contributed by atoms with Gasteiger partial charge in [-0.3, -0.25) is 0 Å². The average Bonchev–Trinajstić information content (AvgIpc) is 3.30. The summed E-state index contributed by atoms with van der Waals surface area (Å²) in [7, 11) is -3.95. The maximum Gasteiger partial charge on any atom is 0.331 e. The Morgan fingerprint density at radius 1 is 1.07 bits per heavy atom. The van der Waals surface area contributed by atoms with Crippen LogP contribution in [0.5, 0.6) is 0 Å². The summed E-state index contributed by atoms with van der Waals surface area (Å²) in [6, 6.07) is 3.68. The summed E-state index contributed by atoms with van der Waals surface area (Å²) in [5.41, 5.74) is 5.25. The average molecular weight is 416 g/mol. The van der Waals surface area contributed by atoms with Gasteiger partial charge in [-0.2, -0.15) is 5.26 Å². The Morgan fingerprint density at radius 3 is 2.31 bits per heavy atom. The summed E-state index contributed by atoms with van der Waals surface area (Å²) >= 11 is 0. The van der Waals surface area contributed by atoms with Crippen LogP contribution in [0.3, 0.4) is 0 Å². The third-order valence-electron chi connectivity index (χ3n) is 5.30. The largest absolute Gasteiger partial charge is 0.331 e. The van der Waals surface area contributed by atoms with E-state index in [0.717, 1.165) is 61.8 Å². The second-order valence-corrected chi connectivity index (χ2v) is 8.96. The standard InChI is InChI=1S/C20H18F2N4O2S/c21-14-7-8-18(17(22)10-14)29(28,24-11-23)26-20(27)25-19-15-5-1-3-12(15)9-13-4-2-6-16(13)19/h7-10H,1-6H2,(H2,24,25,26,27,28). The van der Waals surface area contributed by atoms with Crippen LogP contribution in [0.25, 0.3) is 0 Å². The van der Waals surface area contributed by atoms with E-state index in [1.54, 1.807) is 0 Å². The van der Waals surface area contributed by atoms with E-state index in [-0.39, 0.29) is 0 Å². The maximum absolute atomic E-state index is 14.1. The number of benzene rings is 2. The minimum Gasteiger partial charge on any atom is -0.307 e. The van der Waals surface area contributed by atoms with Crippen molar-refractivity contribution in [3.63, 3.8) is 0 Å². The minimum atomic E-state index is -3.95. The number of carbonyl (C=O) groups is 1. The molecule has 0 bridgehead atoms. The molecule has 0 aromatic heterocycles. The predicted octanol–water partition coefficient (Wildman–Crippen LogP) is 3.99. The molecule has 2 aliphatic carbocycles. The molecule has 0 spiro atoms. The number of aryl methyl sites for hydroxylation is 2. The van der Waals surface area contributed by atoms with Crippen LogP contribution in [0.4, 0.5) is 19.3 Å². The van der Waals surface area contributed by atoms with Crippen molar-refractivity contribution < 1.29 is 17.8 Å². The SMILES string of the molecule is N#CN=S(=O)(NC(=O)Nc1c2c(cc3c1CCC3)CCC2)c1ccc(F)cc1F. The molecule has 29 heavy (non-hydrogen) atoms. The Hall–Kier alpha value is -2.99. The number of rotatable bonds is 3. The first kappa shape index (κ1) is 19.3. The van der Waals surface area contributed by atoms with E-state index in [1.165, 1.54) is 17.3 Å². The van der Waals surface area contributed by atoms with Gasteiger partial charge in [-0.25, -0.2) is 22.5 Å². The number of nitrogens with zero attached hydrogens (tertiary/aromatic N) is 2. The number of amides is 2. The molecule has 2 N–H and O–H groups in total. The molecule has 0 saturated carbocycles. The number of nitrogens with one attached hydrogen (secondary N) is 2. The van der Waals surface area contributed by atoms with Gasteiger partial charge in [-0.05, 0) is 72.9 Å². The molecule has 2 amide bonds. The van der Waals surface area contributed by atoms with E-state index in [9.17, 15) is 17.8 Å². The molecule has 6 nitrogen and oxygen atoms in total. The monoisotopic (exact) mass is 416 g/mol. The zero-order valence-corrected chi connectivity index (χ0v) is 16.2. The van der Waals surface area contributed by atoms with Crippen LogP contribution in [0.2, 0.25) is 0 Å². The van der Waals surface area contributed by atoms with Crippen LogP contribution >= 0.6 is 0 Å². The van der Waals surface area contributed by atoms with Crippen molar-refractivity contribution in [3.05, 3.63) is 58.2 Å². The van der Waals surface area contributed by atoms with Gasteiger partial charge in [0.05, 0.1) is 0 Å². The normalized spacial score (nSPS) is 16.3. The molecule has 0 radical (unpaired) electrons. The maximum atomic E-state index is 14.1. The molecule has 2 aromatic carbocycles. The Bertz CT molecular complexity index is 1150. The second kappa shape index (κ2) is 7.44. The van der Waals surface area contributed by atoms with Gasteiger partial charge in [0.15, 0.2) is 9.92 Å². The van der Waals surface area contributed by atoms with E-state index >= 15 is 0 Å². The first-order valence-corrected chi connectivity index (χ1v) is 10.8.